The average molecular weight is 321 g/mol. The van der Waals surface area contributed by atoms with Crippen molar-refractivity contribution in [2.24, 2.45) is 0 Å². The number of tetrazole rings is 1. The fourth-order valence-electron chi connectivity index (χ4n) is 2.30. The summed E-state index contributed by atoms with van der Waals surface area (Å²) < 4.78 is 1.55. The molecule has 1 amide bonds. The monoisotopic (exact) mass is 321 g/mol. The second-order valence-electron chi connectivity index (χ2n) is 6.58. The van der Waals surface area contributed by atoms with Crippen LogP contribution in [0.2, 0.25) is 0 Å². The Morgan fingerprint density at radius 2 is 1.67 bits per heavy atom. The molecule has 0 atom stereocenters. The fourth-order valence-corrected chi connectivity index (χ4v) is 2.30. The summed E-state index contributed by atoms with van der Waals surface area (Å²) in [6.07, 6.45) is 1.52. The third-order valence-electron chi connectivity index (χ3n) is 3.75. The SMILES string of the molecule is CC(C)(C)c1ccc(C(=O)Nc2ccc(-n3cnnn3)cc2)cc1. The molecule has 0 aliphatic heterocycles. The van der Waals surface area contributed by atoms with E-state index in [1.807, 2.05) is 48.5 Å². The first-order chi connectivity index (χ1) is 11.4. The molecule has 3 aromatic rings. The molecule has 24 heavy (non-hydrogen) atoms. The maximum absolute atomic E-state index is 12.3. The summed E-state index contributed by atoms with van der Waals surface area (Å²) in [5, 5.41) is 13.9. The lowest BCUT2D eigenvalue weighted by atomic mass is 9.87. The largest absolute Gasteiger partial charge is 0.322 e. The van der Waals surface area contributed by atoms with Crippen molar-refractivity contribution >= 4 is 11.6 Å². The summed E-state index contributed by atoms with van der Waals surface area (Å²) in [7, 11) is 0. The van der Waals surface area contributed by atoms with Crippen molar-refractivity contribution in [3.63, 3.8) is 0 Å². The lowest BCUT2D eigenvalue weighted by molar-refractivity contribution is 0.102. The van der Waals surface area contributed by atoms with Gasteiger partial charge in [-0.3, -0.25) is 4.79 Å². The number of amides is 1. The molecule has 2 aromatic carbocycles. The third-order valence-corrected chi connectivity index (χ3v) is 3.75. The molecule has 0 bridgehead atoms. The molecular formula is C18H19N5O. The summed E-state index contributed by atoms with van der Waals surface area (Å²) in [5.74, 6) is -0.134. The van der Waals surface area contributed by atoms with Crippen LogP contribution < -0.4 is 5.32 Å². The average Bonchev–Trinajstić information content (AvgIpc) is 3.09. The zero-order valence-electron chi connectivity index (χ0n) is 13.9. The number of carbonyl (C=O) groups excluding carboxylic acids is 1. The molecule has 0 saturated heterocycles. The predicted molar refractivity (Wildman–Crippen MR) is 92.2 cm³/mol. The molecular weight excluding hydrogens is 302 g/mol. The highest BCUT2D eigenvalue weighted by Gasteiger charge is 2.14. The van der Waals surface area contributed by atoms with E-state index in [9.17, 15) is 4.79 Å². The molecule has 0 unspecified atom stereocenters. The number of hydrogen-bond acceptors (Lipinski definition) is 4. The van der Waals surface area contributed by atoms with Gasteiger partial charge in [-0.25, -0.2) is 4.68 Å². The number of aromatic nitrogens is 4. The summed E-state index contributed by atoms with van der Waals surface area (Å²) in [5.41, 5.74) is 3.45. The second-order valence-corrected chi connectivity index (χ2v) is 6.58. The highest BCUT2D eigenvalue weighted by Crippen LogP contribution is 2.22. The van der Waals surface area contributed by atoms with Gasteiger partial charge in [0.2, 0.25) is 0 Å². The summed E-state index contributed by atoms with van der Waals surface area (Å²) >= 11 is 0. The molecule has 6 nitrogen and oxygen atoms in total. The number of benzene rings is 2. The number of hydrogen-bond donors (Lipinski definition) is 1. The van der Waals surface area contributed by atoms with E-state index in [1.165, 1.54) is 11.9 Å². The lowest BCUT2D eigenvalue weighted by Crippen LogP contribution is -2.14. The maximum Gasteiger partial charge on any atom is 0.255 e. The molecule has 0 aliphatic carbocycles. The van der Waals surface area contributed by atoms with Crippen LogP contribution in [0.1, 0.15) is 36.7 Å². The van der Waals surface area contributed by atoms with Crippen molar-refractivity contribution in [3.05, 3.63) is 66.0 Å². The van der Waals surface area contributed by atoms with E-state index in [4.69, 9.17) is 0 Å². The summed E-state index contributed by atoms with van der Waals surface area (Å²) in [6.45, 7) is 6.44. The minimum Gasteiger partial charge on any atom is -0.322 e. The van der Waals surface area contributed by atoms with E-state index in [0.717, 1.165) is 11.4 Å². The molecule has 122 valence electrons. The number of rotatable bonds is 3. The Labute approximate surface area is 140 Å². The van der Waals surface area contributed by atoms with Crippen LogP contribution >= 0.6 is 0 Å². The van der Waals surface area contributed by atoms with Gasteiger partial charge < -0.3 is 5.32 Å². The minimum atomic E-state index is -0.134. The highest BCUT2D eigenvalue weighted by atomic mass is 16.1. The predicted octanol–water partition coefficient (Wildman–Crippen LogP) is 3.21. The normalized spacial score (nSPS) is 11.3. The minimum absolute atomic E-state index is 0.0705. The Balaban J connectivity index is 1.70. The van der Waals surface area contributed by atoms with Crippen LogP contribution in [0.5, 0.6) is 0 Å². The van der Waals surface area contributed by atoms with E-state index < -0.39 is 0 Å². The van der Waals surface area contributed by atoms with Gasteiger partial charge in [-0.1, -0.05) is 32.9 Å². The van der Waals surface area contributed by atoms with E-state index >= 15 is 0 Å². The van der Waals surface area contributed by atoms with E-state index in [-0.39, 0.29) is 11.3 Å². The van der Waals surface area contributed by atoms with Gasteiger partial charge in [-0.15, -0.1) is 5.10 Å². The Kier molecular flexibility index (Phi) is 4.12. The Morgan fingerprint density at radius 3 is 2.21 bits per heavy atom. The van der Waals surface area contributed by atoms with Gasteiger partial charge in [0.1, 0.15) is 6.33 Å². The van der Waals surface area contributed by atoms with Crippen molar-refractivity contribution in [1.82, 2.24) is 20.2 Å². The number of anilines is 1. The highest BCUT2D eigenvalue weighted by molar-refractivity contribution is 6.04. The van der Waals surface area contributed by atoms with Gasteiger partial charge in [0.25, 0.3) is 5.91 Å². The standard InChI is InChI=1S/C18H19N5O/c1-18(2,3)14-6-4-13(5-7-14)17(24)20-15-8-10-16(11-9-15)23-12-19-21-22-23/h4-12H,1-3H3,(H,20,24). The first-order valence-corrected chi connectivity index (χ1v) is 7.69. The molecule has 0 spiro atoms. The molecule has 0 saturated carbocycles. The molecule has 0 radical (unpaired) electrons. The molecule has 1 heterocycles. The molecule has 6 heteroatoms. The van der Waals surface area contributed by atoms with Gasteiger partial charge in [0.05, 0.1) is 5.69 Å². The third kappa shape index (κ3) is 3.48. The van der Waals surface area contributed by atoms with Gasteiger partial charge in [0.15, 0.2) is 0 Å². The molecule has 3 rings (SSSR count). The van der Waals surface area contributed by atoms with Gasteiger partial charge in [-0.2, -0.15) is 0 Å². The quantitative estimate of drug-likeness (QED) is 0.804. The summed E-state index contributed by atoms with van der Waals surface area (Å²) in [4.78, 5) is 12.3. The Morgan fingerprint density at radius 1 is 1.00 bits per heavy atom. The first kappa shape index (κ1) is 15.9. The van der Waals surface area contributed by atoms with Crippen LogP contribution in [0.15, 0.2) is 54.9 Å². The Bertz CT molecular complexity index is 815. The van der Waals surface area contributed by atoms with Gasteiger partial charge in [0, 0.05) is 11.3 Å². The summed E-state index contributed by atoms with van der Waals surface area (Å²) in [6, 6.07) is 15.0. The molecule has 1 N–H and O–H groups in total. The van der Waals surface area contributed by atoms with Crippen LogP contribution in [0.3, 0.4) is 0 Å². The van der Waals surface area contributed by atoms with E-state index in [0.29, 0.717) is 5.56 Å². The van der Waals surface area contributed by atoms with Crippen LogP contribution in [0, 0.1) is 0 Å². The molecule has 0 fully saturated rings. The van der Waals surface area contributed by atoms with Crippen LogP contribution in [0.4, 0.5) is 5.69 Å². The topological polar surface area (TPSA) is 72.7 Å². The lowest BCUT2D eigenvalue weighted by Gasteiger charge is -2.19. The molecule has 1 aromatic heterocycles. The molecule has 0 aliphatic rings. The number of nitrogens with one attached hydrogen (secondary N) is 1. The fraction of sp³-hybridized carbons (Fsp3) is 0.222. The zero-order chi connectivity index (χ0) is 17.2. The van der Waals surface area contributed by atoms with E-state index in [1.54, 1.807) is 4.68 Å². The van der Waals surface area contributed by atoms with Crippen LogP contribution in [0.25, 0.3) is 5.69 Å². The first-order valence-electron chi connectivity index (χ1n) is 7.69. The maximum atomic E-state index is 12.3. The van der Waals surface area contributed by atoms with Crippen molar-refractivity contribution in [3.8, 4) is 5.69 Å². The van der Waals surface area contributed by atoms with Crippen molar-refractivity contribution in [2.75, 3.05) is 5.32 Å². The second kappa shape index (κ2) is 6.23. The van der Waals surface area contributed by atoms with Crippen molar-refractivity contribution in [1.29, 1.82) is 0 Å². The van der Waals surface area contributed by atoms with Crippen LogP contribution in [-0.2, 0) is 5.41 Å². The van der Waals surface area contributed by atoms with Crippen LogP contribution in [-0.4, -0.2) is 26.1 Å². The zero-order valence-corrected chi connectivity index (χ0v) is 13.9. The van der Waals surface area contributed by atoms with Gasteiger partial charge in [-0.05, 0) is 57.8 Å². The smallest absolute Gasteiger partial charge is 0.255 e. The van der Waals surface area contributed by atoms with Crippen molar-refractivity contribution < 1.29 is 4.79 Å². The number of carbonyl (C=O) groups is 1. The van der Waals surface area contributed by atoms with Gasteiger partial charge >= 0.3 is 0 Å². The number of nitrogens with zero attached hydrogens (tertiary/aromatic N) is 4. The van der Waals surface area contributed by atoms with Crippen molar-refractivity contribution in [2.45, 2.75) is 26.2 Å². The van der Waals surface area contributed by atoms with E-state index in [2.05, 4.69) is 41.6 Å². The Hall–Kier alpha value is -3.02.